The lowest BCUT2D eigenvalue weighted by Gasteiger charge is -2.21. The van der Waals surface area contributed by atoms with Crippen molar-refractivity contribution in [1.29, 1.82) is 0 Å². The predicted octanol–water partition coefficient (Wildman–Crippen LogP) is 3.69. The van der Waals surface area contributed by atoms with Crippen molar-refractivity contribution in [3.63, 3.8) is 0 Å². The third-order valence-electron chi connectivity index (χ3n) is 3.60. The summed E-state index contributed by atoms with van der Waals surface area (Å²) in [5, 5.41) is 0. The van der Waals surface area contributed by atoms with Gasteiger partial charge in [-0.2, -0.15) is 0 Å². The monoisotopic (exact) mass is 220 g/mol. The van der Waals surface area contributed by atoms with Gasteiger partial charge in [0.05, 0.1) is 0 Å². The van der Waals surface area contributed by atoms with E-state index in [2.05, 4.69) is 0 Å². The van der Waals surface area contributed by atoms with Crippen molar-refractivity contribution >= 4 is 6.29 Å². The summed E-state index contributed by atoms with van der Waals surface area (Å²) in [6.07, 6.45) is 6.33. The molecule has 1 unspecified atom stereocenters. The van der Waals surface area contributed by atoms with Crippen LogP contribution >= 0.6 is 0 Å². The first-order valence-corrected chi connectivity index (χ1v) is 6.00. The van der Waals surface area contributed by atoms with E-state index < -0.39 is 0 Å². The van der Waals surface area contributed by atoms with Gasteiger partial charge in [0.1, 0.15) is 12.1 Å². The maximum atomic E-state index is 13.2. The van der Waals surface area contributed by atoms with E-state index in [9.17, 15) is 9.18 Å². The fourth-order valence-electron chi connectivity index (χ4n) is 2.80. The van der Waals surface area contributed by atoms with Crippen LogP contribution < -0.4 is 0 Å². The van der Waals surface area contributed by atoms with E-state index in [1.807, 2.05) is 6.07 Å². The first kappa shape index (κ1) is 11.3. The summed E-state index contributed by atoms with van der Waals surface area (Å²) in [6.45, 7) is 0. The Bertz CT molecular complexity index is 356. The number of hydrogen-bond acceptors (Lipinski definition) is 1. The van der Waals surface area contributed by atoms with Crippen LogP contribution in [0, 0.1) is 11.7 Å². The van der Waals surface area contributed by atoms with Gasteiger partial charge in [-0.3, -0.25) is 0 Å². The third kappa shape index (κ3) is 2.49. The molecule has 0 saturated heterocycles. The molecule has 1 aliphatic rings. The van der Waals surface area contributed by atoms with Gasteiger partial charge in [0.15, 0.2) is 0 Å². The molecule has 1 aromatic rings. The smallest absolute Gasteiger partial charge is 0.123 e. The summed E-state index contributed by atoms with van der Waals surface area (Å²) in [7, 11) is 0. The molecule has 1 atom stereocenters. The minimum Gasteiger partial charge on any atom is -0.303 e. The number of hydrogen-bond donors (Lipinski definition) is 0. The van der Waals surface area contributed by atoms with Crippen molar-refractivity contribution in [3.8, 4) is 0 Å². The molecule has 1 nitrogen and oxygen atoms in total. The van der Waals surface area contributed by atoms with Gasteiger partial charge in [0, 0.05) is 6.42 Å². The van der Waals surface area contributed by atoms with Crippen molar-refractivity contribution in [1.82, 2.24) is 0 Å². The molecule has 0 amide bonds. The van der Waals surface area contributed by atoms with Gasteiger partial charge in [-0.05, 0) is 42.4 Å². The van der Waals surface area contributed by atoms with E-state index in [0.29, 0.717) is 12.3 Å². The Morgan fingerprint density at radius 3 is 2.75 bits per heavy atom. The van der Waals surface area contributed by atoms with E-state index in [0.717, 1.165) is 11.8 Å². The Balaban J connectivity index is 2.20. The average molecular weight is 220 g/mol. The van der Waals surface area contributed by atoms with Crippen molar-refractivity contribution in [3.05, 3.63) is 35.6 Å². The van der Waals surface area contributed by atoms with Crippen LogP contribution in [0.25, 0.3) is 0 Å². The fourth-order valence-corrected chi connectivity index (χ4v) is 2.80. The lowest BCUT2D eigenvalue weighted by molar-refractivity contribution is -0.108. The van der Waals surface area contributed by atoms with Gasteiger partial charge in [-0.25, -0.2) is 4.39 Å². The van der Waals surface area contributed by atoms with Gasteiger partial charge in [0.2, 0.25) is 0 Å². The molecule has 2 heteroatoms. The number of aldehydes is 1. The summed E-state index contributed by atoms with van der Waals surface area (Å²) in [6, 6.07) is 6.70. The Labute approximate surface area is 95.7 Å². The zero-order valence-corrected chi connectivity index (χ0v) is 9.36. The van der Waals surface area contributed by atoms with Crippen LogP contribution in [0.4, 0.5) is 4.39 Å². The molecule has 1 fully saturated rings. The summed E-state index contributed by atoms with van der Waals surface area (Å²) in [4.78, 5) is 10.7. The van der Waals surface area contributed by atoms with E-state index in [-0.39, 0.29) is 11.7 Å². The van der Waals surface area contributed by atoms with Crippen LogP contribution in [-0.2, 0) is 4.79 Å². The molecule has 1 saturated carbocycles. The molecular formula is C14H17FO. The van der Waals surface area contributed by atoms with Crippen molar-refractivity contribution in [2.45, 2.75) is 38.0 Å². The zero-order valence-electron chi connectivity index (χ0n) is 9.36. The molecule has 86 valence electrons. The molecule has 0 N–H and O–H groups in total. The minimum atomic E-state index is -0.202. The van der Waals surface area contributed by atoms with Crippen molar-refractivity contribution in [2.75, 3.05) is 0 Å². The van der Waals surface area contributed by atoms with Crippen LogP contribution in [0.1, 0.15) is 43.6 Å². The molecule has 1 aliphatic carbocycles. The maximum absolute atomic E-state index is 13.2. The van der Waals surface area contributed by atoms with Crippen molar-refractivity contribution in [2.24, 2.45) is 5.92 Å². The molecule has 16 heavy (non-hydrogen) atoms. The lowest BCUT2D eigenvalue weighted by atomic mass is 9.83. The third-order valence-corrected chi connectivity index (χ3v) is 3.60. The second-order valence-electron chi connectivity index (χ2n) is 4.61. The number of halogens is 1. The topological polar surface area (TPSA) is 17.1 Å². The predicted molar refractivity (Wildman–Crippen MR) is 61.8 cm³/mol. The van der Waals surface area contributed by atoms with E-state index >= 15 is 0 Å². The largest absolute Gasteiger partial charge is 0.303 e. The molecule has 2 rings (SSSR count). The van der Waals surface area contributed by atoms with Crippen LogP contribution in [0.2, 0.25) is 0 Å². The van der Waals surface area contributed by atoms with E-state index in [4.69, 9.17) is 0 Å². The first-order chi connectivity index (χ1) is 7.81. The Morgan fingerprint density at radius 2 is 2.12 bits per heavy atom. The lowest BCUT2D eigenvalue weighted by Crippen LogP contribution is -2.10. The summed E-state index contributed by atoms with van der Waals surface area (Å²) < 4.78 is 13.2. The highest BCUT2D eigenvalue weighted by Gasteiger charge is 2.26. The number of carbonyl (C=O) groups excluding carboxylic acids is 1. The van der Waals surface area contributed by atoms with Crippen molar-refractivity contribution < 1.29 is 9.18 Å². The Hall–Kier alpha value is -1.18. The second-order valence-corrected chi connectivity index (χ2v) is 4.61. The SMILES string of the molecule is O=CCC(c1cccc(F)c1)C1CCCC1. The van der Waals surface area contributed by atoms with Gasteiger partial charge in [-0.15, -0.1) is 0 Å². The molecule has 0 radical (unpaired) electrons. The van der Waals surface area contributed by atoms with E-state index in [1.54, 1.807) is 12.1 Å². The summed E-state index contributed by atoms with van der Waals surface area (Å²) in [5.41, 5.74) is 0.985. The van der Waals surface area contributed by atoms with Crippen LogP contribution in [0.15, 0.2) is 24.3 Å². The van der Waals surface area contributed by atoms with E-state index in [1.165, 1.54) is 31.7 Å². The molecule has 0 aliphatic heterocycles. The zero-order chi connectivity index (χ0) is 11.4. The van der Waals surface area contributed by atoms with Gasteiger partial charge in [-0.1, -0.05) is 25.0 Å². The average Bonchev–Trinajstić information content (AvgIpc) is 2.79. The summed E-state index contributed by atoms with van der Waals surface area (Å²) >= 11 is 0. The molecule has 0 spiro atoms. The van der Waals surface area contributed by atoms with Gasteiger partial charge in [0.25, 0.3) is 0 Å². The molecule has 1 aromatic carbocycles. The van der Waals surface area contributed by atoms with Crippen LogP contribution in [0.3, 0.4) is 0 Å². The molecule has 0 heterocycles. The second kappa shape index (κ2) is 5.24. The quantitative estimate of drug-likeness (QED) is 0.707. The first-order valence-electron chi connectivity index (χ1n) is 6.00. The molecular weight excluding hydrogens is 203 g/mol. The fraction of sp³-hybridized carbons (Fsp3) is 0.500. The number of carbonyl (C=O) groups is 1. The van der Waals surface area contributed by atoms with Crippen LogP contribution in [0.5, 0.6) is 0 Å². The highest BCUT2D eigenvalue weighted by Crippen LogP contribution is 2.38. The number of benzene rings is 1. The molecule has 0 aromatic heterocycles. The Kier molecular flexibility index (Phi) is 3.70. The molecule has 0 bridgehead atoms. The number of rotatable bonds is 4. The van der Waals surface area contributed by atoms with Gasteiger partial charge < -0.3 is 4.79 Å². The standard InChI is InChI=1S/C14H17FO/c15-13-7-3-6-12(10-13)14(8-9-16)11-4-1-2-5-11/h3,6-7,9-11,14H,1-2,4-5,8H2. The highest BCUT2D eigenvalue weighted by molar-refractivity contribution is 5.52. The van der Waals surface area contributed by atoms with Gasteiger partial charge >= 0.3 is 0 Å². The van der Waals surface area contributed by atoms with Crippen LogP contribution in [-0.4, -0.2) is 6.29 Å². The highest BCUT2D eigenvalue weighted by atomic mass is 19.1. The summed E-state index contributed by atoms with van der Waals surface area (Å²) in [5.74, 6) is 0.578. The normalized spacial score (nSPS) is 18.6. The Morgan fingerprint density at radius 1 is 1.38 bits per heavy atom. The minimum absolute atomic E-state index is 0.202. The maximum Gasteiger partial charge on any atom is 0.123 e.